The maximum Gasteiger partial charge on any atom is 0.339 e. The Morgan fingerprint density at radius 1 is 1.03 bits per heavy atom. The molecule has 1 aliphatic heterocycles. The Morgan fingerprint density at radius 3 is 2.53 bits per heavy atom. The van der Waals surface area contributed by atoms with Gasteiger partial charge in [-0.1, -0.05) is 54.1 Å². The molecule has 8 heteroatoms. The predicted molar refractivity (Wildman–Crippen MR) is 143 cm³/mol. The molecule has 0 bridgehead atoms. The van der Waals surface area contributed by atoms with E-state index >= 15 is 0 Å². The van der Waals surface area contributed by atoms with Crippen molar-refractivity contribution >= 4 is 40.0 Å². The number of fused-ring (bicyclic) bond motifs is 1. The molecule has 36 heavy (non-hydrogen) atoms. The fraction of sp³-hybridized carbons (Fsp3) is 0.286. The summed E-state index contributed by atoms with van der Waals surface area (Å²) in [5.74, 6) is 1.39. The van der Waals surface area contributed by atoms with Gasteiger partial charge in [-0.15, -0.1) is 5.10 Å². The summed E-state index contributed by atoms with van der Waals surface area (Å²) in [6, 6.07) is 20.0. The predicted octanol–water partition coefficient (Wildman–Crippen LogP) is 5.16. The van der Waals surface area contributed by atoms with Crippen LogP contribution < -0.4 is 9.80 Å². The number of pyridine rings is 1. The van der Waals surface area contributed by atoms with Crippen LogP contribution >= 0.6 is 11.6 Å². The van der Waals surface area contributed by atoms with Gasteiger partial charge in [-0.25, -0.2) is 9.78 Å². The third kappa shape index (κ3) is 4.84. The van der Waals surface area contributed by atoms with Crippen LogP contribution in [0.2, 0.25) is 5.02 Å². The van der Waals surface area contributed by atoms with E-state index in [1.54, 1.807) is 19.2 Å². The van der Waals surface area contributed by atoms with Crippen LogP contribution in [0.4, 0.5) is 11.6 Å². The number of hydrogen-bond donors (Lipinski definition) is 0. The zero-order valence-electron chi connectivity index (χ0n) is 20.4. The molecule has 0 amide bonds. The minimum Gasteiger partial charge on any atom is -0.462 e. The summed E-state index contributed by atoms with van der Waals surface area (Å²) in [7, 11) is 0. The van der Waals surface area contributed by atoms with Gasteiger partial charge in [0.05, 0.1) is 17.9 Å². The molecular formula is C28H28ClN5O2. The Labute approximate surface area is 215 Å². The zero-order valence-corrected chi connectivity index (χ0v) is 21.2. The van der Waals surface area contributed by atoms with E-state index in [-0.39, 0.29) is 12.0 Å². The molecule has 0 spiro atoms. The highest BCUT2D eigenvalue weighted by Gasteiger charge is 2.27. The summed E-state index contributed by atoms with van der Waals surface area (Å²) >= 11 is 6.41. The van der Waals surface area contributed by atoms with Crippen LogP contribution in [0.25, 0.3) is 10.8 Å². The van der Waals surface area contributed by atoms with Gasteiger partial charge < -0.3 is 14.5 Å². The Bertz CT molecular complexity index is 1380. The fourth-order valence-electron chi connectivity index (χ4n) is 4.70. The molecule has 3 heterocycles. The van der Waals surface area contributed by atoms with E-state index in [4.69, 9.17) is 21.4 Å². The van der Waals surface area contributed by atoms with Crippen LogP contribution in [0.1, 0.15) is 35.5 Å². The highest BCUT2D eigenvalue weighted by atomic mass is 35.5. The number of benzene rings is 2. The van der Waals surface area contributed by atoms with Crippen molar-refractivity contribution in [1.82, 2.24) is 15.2 Å². The molecular weight excluding hydrogens is 474 g/mol. The maximum absolute atomic E-state index is 11.9. The molecule has 1 aliphatic rings. The van der Waals surface area contributed by atoms with E-state index in [0.29, 0.717) is 18.6 Å². The molecule has 4 aromatic rings. The molecule has 0 N–H and O–H groups in total. The first-order valence-electron chi connectivity index (χ1n) is 12.2. The molecule has 7 nitrogen and oxygen atoms in total. The zero-order chi connectivity index (χ0) is 25.1. The van der Waals surface area contributed by atoms with E-state index < -0.39 is 0 Å². The number of nitrogens with zero attached hydrogens (tertiary/aromatic N) is 5. The van der Waals surface area contributed by atoms with Crippen molar-refractivity contribution in [3.63, 3.8) is 0 Å². The van der Waals surface area contributed by atoms with Crippen molar-refractivity contribution in [1.29, 1.82) is 0 Å². The number of carbonyl (C=O) groups is 1. The fourth-order valence-corrected chi connectivity index (χ4v) is 4.90. The van der Waals surface area contributed by atoms with E-state index in [0.717, 1.165) is 58.3 Å². The first-order valence-corrected chi connectivity index (χ1v) is 12.6. The Balaban J connectivity index is 1.36. The van der Waals surface area contributed by atoms with E-state index in [1.165, 1.54) is 0 Å². The molecule has 2 aromatic heterocycles. The van der Waals surface area contributed by atoms with Crippen molar-refractivity contribution in [3.05, 3.63) is 88.7 Å². The quantitative estimate of drug-likeness (QED) is 0.338. The summed E-state index contributed by atoms with van der Waals surface area (Å²) in [5, 5.41) is 12.3. The van der Waals surface area contributed by atoms with Gasteiger partial charge >= 0.3 is 5.97 Å². The molecule has 0 saturated carbocycles. The minimum atomic E-state index is -0.349. The van der Waals surface area contributed by atoms with Crippen LogP contribution in [-0.2, 0) is 11.2 Å². The smallest absolute Gasteiger partial charge is 0.339 e. The molecule has 0 radical (unpaired) electrons. The van der Waals surface area contributed by atoms with E-state index in [9.17, 15) is 4.79 Å². The highest BCUT2D eigenvalue weighted by molar-refractivity contribution is 6.31. The summed E-state index contributed by atoms with van der Waals surface area (Å²) in [6.07, 6.45) is 2.21. The number of carbonyl (C=O) groups excluding carboxylic acids is 1. The van der Waals surface area contributed by atoms with Crippen molar-refractivity contribution in [2.24, 2.45) is 0 Å². The van der Waals surface area contributed by atoms with Gasteiger partial charge in [0, 0.05) is 54.1 Å². The van der Waals surface area contributed by atoms with Gasteiger partial charge in [0.15, 0.2) is 5.82 Å². The second kappa shape index (κ2) is 10.5. The van der Waals surface area contributed by atoms with Crippen molar-refractivity contribution in [2.75, 3.05) is 36.0 Å². The first kappa shape index (κ1) is 24.0. The van der Waals surface area contributed by atoms with Crippen LogP contribution in [0.15, 0.2) is 66.9 Å². The summed E-state index contributed by atoms with van der Waals surface area (Å²) in [6.45, 7) is 6.67. The first-order chi connectivity index (χ1) is 17.5. The average molecular weight is 502 g/mol. The SMILES string of the molecule is CCOC(=O)c1ccc(N2CCN(c3nnc(Cc4ccccc4Cl)c4ccccc34)[C@@H](C)C2)nc1. The number of rotatable bonds is 6. The molecule has 5 rings (SSSR count). The van der Waals surface area contributed by atoms with Gasteiger partial charge in [0.1, 0.15) is 5.82 Å². The van der Waals surface area contributed by atoms with Crippen LogP contribution in [0.5, 0.6) is 0 Å². The Morgan fingerprint density at radius 2 is 1.81 bits per heavy atom. The van der Waals surface area contributed by atoms with Crippen molar-refractivity contribution in [2.45, 2.75) is 26.3 Å². The molecule has 0 unspecified atom stereocenters. The van der Waals surface area contributed by atoms with Crippen LogP contribution in [0, 0.1) is 0 Å². The van der Waals surface area contributed by atoms with E-state index in [1.807, 2.05) is 42.5 Å². The molecule has 1 atom stereocenters. The van der Waals surface area contributed by atoms with Crippen molar-refractivity contribution < 1.29 is 9.53 Å². The lowest BCUT2D eigenvalue weighted by Crippen LogP contribution is -2.52. The van der Waals surface area contributed by atoms with Gasteiger partial charge in [-0.3, -0.25) is 0 Å². The minimum absolute atomic E-state index is 0.192. The number of ether oxygens (including phenoxy) is 1. The average Bonchev–Trinajstić information content (AvgIpc) is 2.90. The third-order valence-corrected chi connectivity index (χ3v) is 6.91. The van der Waals surface area contributed by atoms with Gasteiger partial charge in [-0.2, -0.15) is 5.10 Å². The molecule has 1 saturated heterocycles. The number of halogens is 1. The maximum atomic E-state index is 11.9. The lowest BCUT2D eigenvalue weighted by Gasteiger charge is -2.41. The topological polar surface area (TPSA) is 71.5 Å². The third-order valence-electron chi connectivity index (χ3n) is 6.54. The Kier molecular flexibility index (Phi) is 7.00. The molecule has 0 aliphatic carbocycles. The second-order valence-electron chi connectivity index (χ2n) is 8.90. The van der Waals surface area contributed by atoms with Gasteiger partial charge in [-0.05, 0) is 37.6 Å². The van der Waals surface area contributed by atoms with Gasteiger partial charge in [0.25, 0.3) is 0 Å². The highest BCUT2D eigenvalue weighted by Crippen LogP contribution is 2.31. The number of esters is 1. The van der Waals surface area contributed by atoms with Gasteiger partial charge in [0.2, 0.25) is 0 Å². The molecule has 1 fully saturated rings. The largest absolute Gasteiger partial charge is 0.462 e. The standard InChI is InChI=1S/C28H28ClN5O2/c1-3-36-28(35)21-12-13-26(30-17-21)33-14-15-34(19(2)18-33)27-23-10-6-5-9-22(23)25(31-32-27)16-20-8-4-7-11-24(20)29/h4-13,17,19H,3,14-16,18H2,1-2H3/t19-/m0/s1. The van der Waals surface area contributed by atoms with Crippen LogP contribution in [0.3, 0.4) is 0 Å². The summed E-state index contributed by atoms with van der Waals surface area (Å²) in [5.41, 5.74) is 2.42. The number of anilines is 2. The number of piperazine rings is 1. The van der Waals surface area contributed by atoms with Crippen molar-refractivity contribution in [3.8, 4) is 0 Å². The lowest BCUT2D eigenvalue weighted by molar-refractivity contribution is 0.0526. The summed E-state index contributed by atoms with van der Waals surface area (Å²) in [4.78, 5) is 21.0. The summed E-state index contributed by atoms with van der Waals surface area (Å²) < 4.78 is 5.06. The number of hydrogen-bond acceptors (Lipinski definition) is 7. The second-order valence-corrected chi connectivity index (χ2v) is 9.31. The van der Waals surface area contributed by atoms with E-state index in [2.05, 4.69) is 38.9 Å². The molecule has 2 aromatic carbocycles. The monoisotopic (exact) mass is 501 g/mol. The lowest BCUT2D eigenvalue weighted by atomic mass is 10.0. The Hall–Kier alpha value is -3.71. The number of aromatic nitrogens is 3. The van der Waals surface area contributed by atoms with Crippen LogP contribution in [-0.4, -0.2) is 53.4 Å². The molecule has 184 valence electrons. The normalized spacial score (nSPS) is 15.8.